The topological polar surface area (TPSA) is 71.1 Å². The number of amides is 2. The van der Waals surface area contributed by atoms with Crippen LogP contribution in [0.1, 0.15) is 58.2 Å². The second kappa shape index (κ2) is 8.97. The highest BCUT2D eigenvalue weighted by Gasteiger charge is 2.13. The summed E-state index contributed by atoms with van der Waals surface area (Å²) in [6.45, 7) is 6.70. The lowest BCUT2D eigenvalue weighted by molar-refractivity contribution is 0.0953. The summed E-state index contributed by atoms with van der Waals surface area (Å²) in [4.78, 5) is 28.7. The number of carbonyl (C=O) groups is 2. The number of rotatable bonds is 7. The number of carbonyl (C=O) groups excluding carboxylic acids is 2. The minimum absolute atomic E-state index is 0.181. The number of nitrogens with one attached hydrogen (secondary N) is 2. The summed E-state index contributed by atoms with van der Waals surface area (Å²) >= 11 is 0. The molecule has 2 aromatic rings. The van der Waals surface area contributed by atoms with E-state index in [4.69, 9.17) is 0 Å². The van der Waals surface area contributed by atoms with Crippen LogP contribution < -0.4 is 10.6 Å². The highest BCUT2D eigenvalue weighted by molar-refractivity contribution is 6.05. The monoisotopic (exact) mass is 339 g/mol. The lowest BCUT2D eigenvalue weighted by Crippen LogP contribution is -2.25. The Morgan fingerprint density at radius 1 is 1.08 bits per heavy atom. The van der Waals surface area contributed by atoms with Crippen LogP contribution in [0.5, 0.6) is 0 Å². The Labute approximate surface area is 148 Å². The lowest BCUT2D eigenvalue weighted by atomic mass is 10.1. The van der Waals surface area contributed by atoms with E-state index in [2.05, 4.69) is 22.5 Å². The van der Waals surface area contributed by atoms with Crippen LogP contribution in [0.2, 0.25) is 0 Å². The van der Waals surface area contributed by atoms with Crippen LogP contribution in [0.4, 0.5) is 5.69 Å². The predicted octanol–water partition coefficient (Wildman–Crippen LogP) is 3.87. The van der Waals surface area contributed by atoms with Crippen LogP contribution in [0, 0.1) is 13.8 Å². The summed E-state index contributed by atoms with van der Waals surface area (Å²) in [5.74, 6) is -0.506. The van der Waals surface area contributed by atoms with Gasteiger partial charge in [-0.25, -0.2) is 0 Å². The molecular formula is C20H25N3O2. The molecule has 0 aliphatic rings. The summed E-state index contributed by atoms with van der Waals surface area (Å²) < 4.78 is 0. The van der Waals surface area contributed by atoms with E-state index in [1.807, 2.05) is 32.0 Å². The largest absolute Gasteiger partial charge is 0.352 e. The molecular weight excluding hydrogens is 314 g/mol. The van der Waals surface area contributed by atoms with Gasteiger partial charge < -0.3 is 10.6 Å². The average Bonchev–Trinajstić information content (AvgIpc) is 2.62. The molecule has 0 aliphatic carbocycles. The zero-order chi connectivity index (χ0) is 18.2. The van der Waals surface area contributed by atoms with E-state index in [9.17, 15) is 9.59 Å². The molecule has 0 unspecified atom stereocenters. The highest BCUT2D eigenvalue weighted by Crippen LogP contribution is 2.18. The van der Waals surface area contributed by atoms with Gasteiger partial charge in [-0.1, -0.05) is 31.9 Å². The summed E-state index contributed by atoms with van der Waals surface area (Å²) in [6, 6.07) is 8.88. The molecule has 2 N–H and O–H groups in total. The van der Waals surface area contributed by atoms with E-state index >= 15 is 0 Å². The summed E-state index contributed by atoms with van der Waals surface area (Å²) in [5, 5.41) is 5.73. The maximum atomic E-state index is 12.4. The number of pyridine rings is 1. The van der Waals surface area contributed by atoms with Crippen LogP contribution in [-0.2, 0) is 0 Å². The molecule has 0 fully saturated rings. The molecule has 0 atom stereocenters. The van der Waals surface area contributed by atoms with Gasteiger partial charge in [0, 0.05) is 24.0 Å². The Kier molecular flexibility index (Phi) is 6.69. The summed E-state index contributed by atoms with van der Waals surface area (Å²) in [6.07, 6.45) is 4.63. The first-order valence-corrected chi connectivity index (χ1v) is 8.64. The van der Waals surface area contributed by atoms with Gasteiger partial charge >= 0.3 is 0 Å². The number of aromatic nitrogens is 1. The maximum absolute atomic E-state index is 12.4. The minimum atomic E-state index is -0.325. The van der Waals surface area contributed by atoms with Crippen molar-refractivity contribution in [1.82, 2.24) is 10.3 Å². The molecule has 0 aliphatic heterocycles. The molecule has 2 amide bonds. The third-order valence-corrected chi connectivity index (χ3v) is 4.17. The number of aryl methyl sites for hydroxylation is 1. The zero-order valence-electron chi connectivity index (χ0n) is 15.1. The molecule has 0 radical (unpaired) electrons. The fraction of sp³-hybridized carbons (Fsp3) is 0.350. The van der Waals surface area contributed by atoms with Crippen LogP contribution in [0.25, 0.3) is 0 Å². The Morgan fingerprint density at radius 3 is 2.64 bits per heavy atom. The molecule has 2 rings (SSSR count). The minimum Gasteiger partial charge on any atom is -0.352 e. The zero-order valence-corrected chi connectivity index (χ0v) is 15.1. The van der Waals surface area contributed by atoms with E-state index < -0.39 is 0 Å². The van der Waals surface area contributed by atoms with E-state index in [0.717, 1.165) is 36.1 Å². The Hall–Kier alpha value is -2.69. The molecule has 25 heavy (non-hydrogen) atoms. The normalized spacial score (nSPS) is 10.4. The average molecular weight is 339 g/mol. The third kappa shape index (κ3) is 5.14. The van der Waals surface area contributed by atoms with Crippen molar-refractivity contribution in [3.63, 3.8) is 0 Å². The van der Waals surface area contributed by atoms with Crippen molar-refractivity contribution >= 4 is 17.5 Å². The van der Waals surface area contributed by atoms with Crippen molar-refractivity contribution < 1.29 is 9.59 Å². The third-order valence-electron chi connectivity index (χ3n) is 4.17. The molecule has 1 aromatic carbocycles. The second-order valence-corrected chi connectivity index (χ2v) is 6.09. The number of anilines is 1. The van der Waals surface area contributed by atoms with Gasteiger partial charge in [-0.05, 0) is 49.6 Å². The number of unbranched alkanes of at least 4 members (excludes halogenated alkanes) is 2. The van der Waals surface area contributed by atoms with E-state index in [1.54, 1.807) is 6.07 Å². The van der Waals surface area contributed by atoms with Crippen LogP contribution in [0.15, 0.2) is 36.5 Å². The number of hydrogen-bond donors (Lipinski definition) is 2. The van der Waals surface area contributed by atoms with Crippen molar-refractivity contribution in [1.29, 1.82) is 0 Å². The molecule has 1 heterocycles. The first kappa shape index (κ1) is 18.6. The van der Waals surface area contributed by atoms with Crippen molar-refractivity contribution in [2.24, 2.45) is 0 Å². The van der Waals surface area contributed by atoms with Crippen LogP contribution in [-0.4, -0.2) is 23.3 Å². The molecule has 5 nitrogen and oxygen atoms in total. The number of benzene rings is 1. The molecule has 1 aromatic heterocycles. The SMILES string of the molecule is CCCCCNC(=O)c1ccnc(C(=O)Nc2cccc(C)c2C)c1. The molecule has 0 spiro atoms. The van der Waals surface area contributed by atoms with Gasteiger partial charge in [-0.2, -0.15) is 0 Å². The smallest absolute Gasteiger partial charge is 0.274 e. The van der Waals surface area contributed by atoms with Gasteiger partial charge in [0.05, 0.1) is 0 Å². The summed E-state index contributed by atoms with van der Waals surface area (Å²) in [7, 11) is 0. The maximum Gasteiger partial charge on any atom is 0.274 e. The van der Waals surface area contributed by atoms with Gasteiger partial charge in [0.15, 0.2) is 0 Å². The van der Waals surface area contributed by atoms with Crippen molar-refractivity contribution in [3.05, 3.63) is 58.9 Å². The fourth-order valence-electron chi connectivity index (χ4n) is 2.45. The van der Waals surface area contributed by atoms with Gasteiger partial charge in [0.25, 0.3) is 11.8 Å². The summed E-state index contributed by atoms with van der Waals surface area (Å²) in [5.41, 5.74) is 3.53. The first-order chi connectivity index (χ1) is 12.0. The Bertz CT molecular complexity index is 756. The van der Waals surface area contributed by atoms with Crippen molar-refractivity contribution in [3.8, 4) is 0 Å². The van der Waals surface area contributed by atoms with Crippen molar-refractivity contribution in [2.75, 3.05) is 11.9 Å². The fourth-order valence-corrected chi connectivity index (χ4v) is 2.45. The Morgan fingerprint density at radius 2 is 1.88 bits per heavy atom. The molecule has 132 valence electrons. The van der Waals surface area contributed by atoms with E-state index in [-0.39, 0.29) is 17.5 Å². The van der Waals surface area contributed by atoms with E-state index in [1.165, 1.54) is 12.3 Å². The number of hydrogen-bond acceptors (Lipinski definition) is 3. The van der Waals surface area contributed by atoms with Gasteiger partial charge in [-0.3, -0.25) is 14.6 Å². The molecule has 0 saturated heterocycles. The highest BCUT2D eigenvalue weighted by atomic mass is 16.2. The van der Waals surface area contributed by atoms with Crippen LogP contribution in [0.3, 0.4) is 0 Å². The quantitative estimate of drug-likeness (QED) is 0.752. The van der Waals surface area contributed by atoms with Gasteiger partial charge in [-0.15, -0.1) is 0 Å². The van der Waals surface area contributed by atoms with E-state index in [0.29, 0.717) is 12.1 Å². The first-order valence-electron chi connectivity index (χ1n) is 8.64. The molecule has 5 heteroatoms. The van der Waals surface area contributed by atoms with Crippen LogP contribution >= 0.6 is 0 Å². The van der Waals surface area contributed by atoms with Crippen molar-refractivity contribution in [2.45, 2.75) is 40.0 Å². The predicted molar refractivity (Wildman–Crippen MR) is 100.0 cm³/mol. The number of nitrogens with zero attached hydrogens (tertiary/aromatic N) is 1. The molecule has 0 bridgehead atoms. The standard InChI is InChI=1S/C20H25N3O2/c1-4-5-6-11-22-19(24)16-10-12-21-18(13-16)20(25)23-17-9-7-8-14(2)15(17)3/h7-10,12-13H,4-6,11H2,1-3H3,(H,22,24)(H,23,25). The van der Waals surface area contributed by atoms with Gasteiger partial charge in [0.2, 0.25) is 0 Å². The van der Waals surface area contributed by atoms with Gasteiger partial charge in [0.1, 0.15) is 5.69 Å². The lowest BCUT2D eigenvalue weighted by Gasteiger charge is -2.10. The molecule has 0 saturated carbocycles. The Balaban J connectivity index is 2.06. The second-order valence-electron chi connectivity index (χ2n) is 6.09.